The molecule has 0 aliphatic carbocycles. The van der Waals surface area contributed by atoms with Crippen LogP contribution in [0.4, 0.5) is 0 Å². The van der Waals surface area contributed by atoms with Crippen molar-refractivity contribution < 1.29 is 49.6 Å². The second-order valence-corrected chi connectivity index (χ2v) is 0. The summed E-state index contributed by atoms with van der Waals surface area (Å²) in [6.45, 7) is 0. The molecule has 0 aliphatic heterocycles. The molecule has 0 aromatic rings. The van der Waals surface area contributed by atoms with Crippen molar-refractivity contribution in [2.45, 2.75) is 0 Å². The third kappa shape index (κ3) is 11.0. The van der Waals surface area contributed by atoms with Gasteiger partial charge in [-0.25, -0.2) is 0 Å². The van der Waals surface area contributed by atoms with E-state index in [1.54, 1.807) is 0 Å². The maximum absolute atomic E-state index is 0. The van der Waals surface area contributed by atoms with Gasteiger partial charge < -0.3 is 11.0 Å². The van der Waals surface area contributed by atoms with Crippen LogP contribution in [0.25, 0.3) is 0 Å². The fourth-order valence-corrected chi connectivity index (χ4v) is 0. The molecule has 0 bridgehead atoms. The van der Waals surface area contributed by atoms with E-state index in [0.29, 0.717) is 0 Å². The molecular weight excluding hydrogens is 229 g/mol. The standard InChI is InChI=1S/Li.H2O.O.Os/h;1H2;;/q+1;;-2;+4. The molecular formula is H2LiO2Os+3. The first-order chi connectivity index (χ1) is 0. The van der Waals surface area contributed by atoms with Crippen molar-refractivity contribution in [2.24, 2.45) is 0 Å². The second-order valence-electron chi connectivity index (χ2n) is 0. The van der Waals surface area contributed by atoms with Crippen molar-refractivity contribution in [1.29, 1.82) is 0 Å². The Morgan fingerprint density at radius 1 is 1.00 bits per heavy atom. The van der Waals surface area contributed by atoms with E-state index in [0.717, 1.165) is 0 Å². The molecule has 4 heavy (non-hydrogen) atoms. The SMILES string of the molecule is O.[Li+].[O-2].[Os+4]. The molecule has 0 saturated carbocycles. The monoisotopic (exact) mass is 233 g/mol. The van der Waals surface area contributed by atoms with Gasteiger partial charge in [0.15, 0.2) is 0 Å². The summed E-state index contributed by atoms with van der Waals surface area (Å²) in [5.41, 5.74) is 0. The summed E-state index contributed by atoms with van der Waals surface area (Å²) < 4.78 is 0. The fraction of sp³-hybridized carbons (Fsp3) is 0. The molecule has 2 nitrogen and oxygen atoms in total. The molecule has 0 spiro atoms. The van der Waals surface area contributed by atoms with Crippen LogP contribution in [0.3, 0.4) is 0 Å². The maximum atomic E-state index is 0. The molecule has 0 atom stereocenters. The minimum Gasteiger partial charge on any atom is -2.00 e. The predicted octanol–water partition coefficient (Wildman–Crippen LogP) is -3.94. The van der Waals surface area contributed by atoms with Crippen LogP contribution >= 0.6 is 0 Å². The molecule has 0 rings (SSSR count). The van der Waals surface area contributed by atoms with Gasteiger partial charge in [0.25, 0.3) is 0 Å². The zero-order valence-corrected chi connectivity index (χ0v) is 4.80. The van der Waals surface area contributed by atoms with E-state index < -0.39 is 0 Å². The summed E-state index contributed by atoms with van der Waals surface area (Å²) in [5, 5.41) is 0. The number of hydrogen-bond donors (Lipinski definition) is 0. The van der Waals surface area contributed by atoms with Crippen molar-refractivity contribution in [2.75, 3.05) is 0 Å². The normalized spacial score (nSPS) is 0. The first-order valence-electron chi connectivity index (χ1n) is 0. The van der Waals surface area contributed by atoms with E-state index >= 15 is 0 Å². The second kappa shape index (κ2) is 31.0. The topological polar surface area (TPSA) is 60.0 Å². The Morgan fingerprint density at radius 3 is 1.00 bits per heavy atom. The Bertz CT molecular complexity index is 6.00. The largest absolute Gasteiger partial charge is 4.00 e. The Kier molecular flexibility index (Phi) is 518. The van der Waals surface area contributed by atoms with Gasteiger partial charge in [-0.1, -0.05) is 0 Å². The van der Waals surface area contributed by atoms with Gasteiger partial charge in [-0.2, -0.15) is 0 Å². The van der Waals surface area contributed by atoms with Crippen LogP contribution < -0.4 is 18.9 Å². The van der Waals surface area contributed by atoms with Crippen LogP contribution in [0.2, 0.25) is 0 Å². The Labute approximate surface area is 49.8 Å². The molecule has 0 aromatic carbocycles. The van der Waals surface area contributed by atoms with Crippen molar-refractivity contribution in [3.05, 3.63) is 0 Å². The molecule has 0 fully saturated rings. The molecule has 0 unspecified atom stereocenters. The zero-order valence-electron chi connectivity index (χ0n) is 2.26. The van der Waals surface area contributed by atoms with E-state index in [1.807, 2.05) is 0 Å². The summed E-state index contributed by atoms with van der Waals surface area (Å²) in [7, 11) is 0. The van der Waals surface area contributed by atoms with Gasteiger partial charge in [-0.15, -0.1) is 0 Å². The first-order valence-corrected chi connectivity index (χ1v) is 0. The maximum Gasteiger partial charge on any atom is 4.00 e. The quantitative estimate of drug-likeness (QED) is 0.382. The molecule has 0 aromatic heterocycles. The molecule has 0 saturated heterocycles. The van der Waals surface area contributed by atoms with Crippen molar-refractivity contribution in [3.63, 3.8) is 0 Å². The first kappa shape index (κ1) is 66.8. The Morgan fingerprint density at radius 2 is 1.00 bits per heavy atom. The van der Waals surface area contributed by atoms with E-state index in [4.69, 9.17) is 0 Å². The molecule has 0 aliphatic rings. The fourth-order valence-electron chi connectivity index (χ4n) is 0. The molecule has 4 heteroatoms. The van der Waals surface area contributed by atoms with E-state index in [9.17, 15) is 0 Å². The minimum atomic E-state index is 0. The van der Waals surface area contributed by atoms with E-state index in [-0.39, 0.29) is 49.6 Å². The van der Waals surface area contributed by atoms with Gasteiger partial charge in [-0.05, 0) is 0 Å². The Hall–Kier alpha value is 1.15. The molecule has 0 heterocycles. The van der Waals surface area contributed by atoms with Crippen molar-refractivity contribution in [1.82, 2.24) is 0 Å². The van der Waals surface area contributed by atoms with Crippen LogP contribution in [0, 0.1) is 0 Å². The van der Waals surface area contributed by atoms with Gasteiger partial charge in [0.1, 0.15) is 0 Å². The summed E-state index contributed by atoms with van der Waals surface area (Å²) >= 11 is 0. The summed E-state index contributed by atoms with van der Waals surface area (Å²) in [6, 6.07) is 0. The third-order valence-corrected chi connectivity index (χ3v) is 0. The average Bonchev–Trinajstić information content (AvgIpc) is 0. The molecule has 0 radical (unpaired) electrons. The molecule has 2 N–H and O–H groups in total. The van der Waals surface area contributed by atoms with Crippen LogP contribution in [-0.2, 0) is 25.3 Å². The van der Waals surface area contributed by atoms with Crippen LogP contribution in [0.1, 0.15) is 0 Å². The van der Waals surface area contributed by atoms with Gasteiger partial charge >= 0.3 is 38.7 Å². The molecule has 20 valence electrons. The molecule has 0 amide bonds. The van der Waals surface area contributed by atoms with Crippen molar-refractivity contribution >= 4 is 0 Å². The number of hydrogen-bond acceptors (Lipinski definition) is 0. The minimum absolute atomic E-state index is 0. The summed E-state index contributed by atoms with van der Waals surface area (Å²) in [6.07, 6.45) is 0. The van der Waals surface area contributed by atoms with Gasteiger partial charge in [0.2, 0.25) is 0 Å². The smallest absolute Gasteiger partial charge is 2.00 e. The number of rotatable bonds is 0. The predicted molar refractivity (Wildman–Crippen MR) is 4.30 cm³/mol. The van der Waals surface area contributed by atoms with Crippen LogP contribution in [0.5, 0.6) is 0 Å². The van der Waals surface area contributed by atoms with Gasteiger partial charge in [-0.3, -0.25) is 0 Å². The van der Waals surface area contributed by atoms with Crippen LogP contribution in [0.15, 0.2) is 0 Å². The zero-order chi connectivity index (χ0) is 0. The van der Waals surface area contributed by atoms with E-state index in [2.05, 4.69) is 0 Å². The average molecular weight is 231 g/mol. The van der Waals surface area contributed by atoms with Gasteiger partial charge in [0.05, 0.1) is 0 Å². The van der Waals surface area contributed by atoms with Crippen LogP contribution in [-0.4, -0.2) is 5.48 Å². The summed E-state index contributed by atoms with van der Waals surface area (Å²) in [5.74, 6) is 0. The van der Waals surface area contributed by atoms with E-state index in [1.165, 1.54) is 0 Å². The van der Waals surface area contributed by atoms with Crippen molar-refractivity contribution in [3.8, 4) is 0 Å². The summed E-state index contributed by atoms with van der Waals surface area (Å²) in [4.78, 5) is 0. The Balaban J connectivity index is 0. The third-order valence-electron chi connectivity index (χ3n) is 0. The van der Waals surface area contributed by atoms with Gasteiger partial charge in [0, 0.05) is 0 Å².